The zero-order valence-corrected chi connectivity index (χ0v) is 17.3. The van der Waals surface area contributed by atoms with E-state index in [2.05, 4.69) is 36.3 Å². The van der Waals surface area contributed by atoms with E-state index in [1.807, 2.05) is 30.3 Å². The molecular formula is C17H13BrF3N7S. The molecule has 0 saturated carbocycles. The monoisotopic (exact) mass is 483 g/mol. The number of benzene rings is 1. The normalized spacial score (nSPS) is 11.9. The summed E-state index contributed by atoms with van der Waals surface area (Å²) in [5.74, 6) is 0.146. The molecule has 0 aliphatic carbocycles. The van der Waals surface area contributed by atoms with Gasteiger partial charge in [0, 0.05) is 13.2 Å². The Kier molecular flexibility index (Phi) is 4.90. The number of aryl methyl sites for hydroxylation is 1. The van der Waals surface area contributed by atoms with E-state index in [-0.39, 0.29) is 20.8 Å². The maximum atomic E-state index is 13.3. The van der Waals surface area contributed by atoms with Gasteiger partial charge in [-0.15, -0.1) is 0 Å². The number of alkyl halides is 3. The standard InChI is InChI=1S/C17H13BrF3N7S/c1-26-14(17(19,20)21)12(18)13(25-26)15-23-24-16(29)28(15)11-7-22-27(9-11)8-10-5-3-2-4-6-10/h2-7,9H,8H2,1H3,(H,24,29). The Morgan fingerprint density at radius 3 is 2.59 bits per heavy atom. The Hall–Kier alpha value is -2.73. The average Bonchev–Trinajstić information content (AvgIpc) is 3.32. The van der Waals surface area contributed by atoms with Crippen LogP contribution in [-0.4, -0.2) is 34.3 Å². The van der Waals surface area contributed by atoms with Crippen LogP contribution in [0.3, 0.4) is 0 Å². The third kappa shape index (κ3) is 3.65. The van der Waals surface area contributed by atoms with Crippen molar-refractivity contribution in [1.82, 2.24) is 34.3 Å². The van der Waals surface area contributed by atoms with Crippen molar-refractivity contribution in [2.45, 2.75) is 12.7 Å². The van der Waals surface area contributed by atoms with Crippen molar-refractivity contribution in [3.63, 3.8) is 0 Å². The fourth-order valence-electron chi connectivity index (χ4n) is 2.97. The Bertz CT molecular complexity index is 1220. The molecule has 0 radical (unpaired) electrons. The van der Waals surface area contributed by atoms with Crippen LogP contribution in [0.4, 0.5) is 13.2 Å². The van der Waals surface area contributed by atoms with E-state index in [4.69, 9.17) is 12.2 Å². The molecule has 29 heavy (non-hydrogen) atoms. The van der Waals surface area contributed by atoms with Crippen molar-refractivity contribution in [2.75, 3.05) is 0 Å². The Labute approximate surface area is 175 Å². The second kappa shape index (κ2) is 7.26. The summed E-state index contributed by atoms with van der Waals surface area (Å²) in [6.07, 6.45) is -1.26. The first kappa shape index (κ1) is 19.6. The van der Waals surface area contributed by atoms with Gasteiger partial charge in [0.25, 0.3) is 0 Å². The second-order valence-electron chi connectivity index (χ2n) is 6.20. The molecule has 4 aromatic rings. The summed E-state index contributed by atoms with van der Waals surface area (Å²) in [6.45, 7) is 0.535. The summed E-state index contributed by atoms with van der Waals surface area (Å²) in [4.78, 5) is 0. The largest absolute Gasteiger partial charge is 0.434 e. The molecule has 3 heterocycles. The summed E-state index contributed by atoms with van der Waals surface area (Å²) < 4.78 is 43.9. The van der Waals surface area contributed by atoms with Crippen LogP contribution in [-0.2, 0) is 19.8 Å². The van der Waals surface area contributed by atoms with Crippen molar-refractivity contribution >= 4 is 28.1 Å². The summed E-state index contributed by atoms with van der Waals surface area (Å²) in [6, 6.07) is 9.73. The quantitative estimate of drug-likeness (QED) is 0.438. The van der Waals surface area contributed by atoms with Gasteiger partial charge in [-0.3, -0.25) is 19.0 Å². The molecule has 0 unspecified atom stereocenters. The molecule has 0 spiro atoms. The average molecular weight is 484 g/mol. The topological polar surface area (TPSA) is 69.2 Å². The number of rotatable bonds is 4. The highest BCUT2D eigenvalue weighted by Gasteiger charge is 2.39. The fraction of sp³-hybridized carbons (Fsp3) is 0.176. The van der Waals surface area contributed by atoms with Gasteiger partial charge in [-0.25, -0.2) is 0 Å². The van der Waals surface area contributed by atoms with Crippen LogP contribution in [0.5, 0.6) is 0 Å². The number of aromatic nitrogens is 7. The van der Waals surface area contributed by atoms with Gasteiger partial charge in [-0.2, -0.15) is 28.5 Å². The Morgan fingerprint density at radius 2 is 1.93 bits per heavy atom. The van der Waals surface area contributed by atoms with Crippen molar-refractivity contribution in [3.8, 4) is 17.2 Å². The van der Waals surface area contributed by atoms with Crippen molar-refractivity contribution in [3.05, 3.63) is 63.2 Å². The zero-order valence-electron chi connectivity index (χ0n) is 14.9. The maximum Gasteiger partial charge on any atom is 0.434 e. The molecule has 1 aromatic carbocycles. The molecule has 0 bridgehead atoms. The SMILES string of the molecule is Cn1nc(-c2n[nH]c(=S)n2-c2cnn(Cc3ccccc3)c2)c(Br)c1C(F)(F)F. The van der Waals surface area contributed by atoms with E-state index in [0.29, 0.717) is 12.2 Å². The molecular weight excluding hydrogens is 471 g/mol. The number of hydrogen-bond acceptors (Lipinski definition) is 4. The molecule has 3 aromatic heterocycles. The lowest BCUT2D eigenvalue weighted by atomic mass is 10.2. The predicted molar refractivity (Wildman–Crippen MR) is 105 cm³/mol. The molecule has 0 fully saturated rings. The third-order valence-electron chi connectivity index (χ3n) is 4.21. The van der Waals surface area contributed by atoms with Crippen molar-refractivity contribution in [2.24, 2.45) is 7.05 Å². The van der Waals surface area contributed by atoms with Gasteiger partial charge >= 0.3 is 6.18 Å². The first-order valence-corrected chi connectivity index (χ1v) is 9.50. The van der Waals surface area contributed by atoms with Gasteiger partial charge in [-0.1, -0.05) is 30.3 Å². The van der Waals surface area contributed by atoms with Gasteiger partial charge in [0.15, 0.2) is 16.3 Å². The van der Waals surface area contributed by atoms with Crippen molar-refractivity contribution in [1.29, 1.82) is 0 Å². The fourth-order valence-corrected chi connectivity index (χ4v) is 3.94. The van der Waals surface area contributed by atoms with Crippen LogP contribution >= 0.6 is 28.1 Å². The minimum absolute atomic E-state index is 0.0167. The number of nitrogens with zero attached hydrogens (tertiary/aromatic N) is 6. The van der Waals surface area contributed by atoms with Gasteiger partial charge in [0.05, 0.1) is 22.9 Å². The smallest absolute Gasteiger partial charge is 0.266 e. The van der Waals surface area contributed by atoms with Gasteiger partial charge in [0.1, 0.15) is 5.69 Å². The summed E-state index contributed by atoms with van der Waals surface area (Å²) in [7, 11) is 1.22. The van der Waals surface area contributed by atoms with Crippen LogP contribution < -0.4 is 0 Å². The number of H-pyrrole nitrogens is 1. The van der Waals surface area contributed by atoms with E-state index in [9.17, 15) is 13.2 Å². The lowest BCUT2D eigenvalue weighted by Gasteiger charge is -2.06. The Balaban J connectivity index is 1.76. The van der Waals surface area contributed by atoms with Crippen LogP contribution in [0.25, 0.3) is 17.2 Å². The van der Waals surface area contributed by atoms with Crippen LogP contribution in [0, 0.1) is 4.77 Å². The van der Waals surface area contributed by atoms with E-state index in [0.717, 1.165) is 10.2 Å². The van der Waals surface area contributed by atoms with E-state index >= 15 is 0 Å². The second-order valence-corrected chi connectivity index (χ2v) is 7.38. The molecule has 12 heteroatoms. The highest BCUT2D eigenvalue weighted by Crippen LogP contribution is 2.39. The third-order valence-corrected chi connectivity index (χ3v) is 5.23. The molecule has 0 atom stereocenters. The summed E-state index contributed by atoms with van der Waals surface area (Å²) in [5.41, 5.74) is 0.719. The molecule has 7 nitrogen and oxygen atoms in total. The number of nitrogens with one attached hydrogen (secondary N) is 1. The molecule has 0 amide bonds. The van der Waals surface area contributed by atoms with E-state index < -0.39 is 11.9 Å². The predicted octanol–water partition coefficient (Wildman–Crippen LogP) is 4.36. The molecule has 0 aliphatic heterocycles. The summed E-state index contributed by atoms with van der Waals surface area (Å²) in [5, 5.41) is 15.0. The minimum Gasteiger partial charge on any atom is -0.266 e. The lowest BCUT2D eigenvalue weighted by molar-refractivity contribution is -0.144. The highest BCUT2D eigenvalue weighted by molar-refractivity contribution is 9.10. The molecule has 0 aliphatic rings. The Morgan fingerprint density at radius 1 is 1.21 bits per heavy atom. The number of aromatic amines is 1. The molecule has 150 valence electrons. The van der Waals surface area contributed by atoms with E-state index in [1.165, 1.54) is 11.6 Å². The molecule has 0 saturated heterocycles. The van der Waals surface area contributed by atoms with Gasteiger partial charge < -0.3 is 0 Å². The minimum atomic E-state index is -4.57. The highest BCUT2D eigenvalue weighted by atomic mass is 79.9. The van der Waals surface area contributed by atoms with Crippen LogP contribution in [0.2, 0.25) is 0 Å². The summed E-state index contributed by atoms with van der Waals surface area (Å²) >= 11 is 8.30. The lowest BCUT2D eigenvalue weighted by Crippen LogP contribution is -2.12. The van der Waals surface area contributed by atoms with E-state index in [1.54, 1.807) is 17.1 Å². The molecule has 1 N–H and O–H groups in total. The van der Waals surface area contributed by atoms with Crippen LogP contribution in [0.15, 0.2) is 47.2 Å². The zero-order chi connectivity index (χ0) is 20.8. The van der Waals surface area contributed by atoms with Crippen molar-refractivity contribution < 1.29 is 13.2 Å². The first-order chi connectivity index (χ1) is 13.8. The van der Waals surface area contributed by atoms with Gasteiger partial charge in [-0.05, 0) is 33.7 Å². The first-order valence-electron chi connectivity index (χ1n) is 8.30. The molecule has 4 rings (SSSR count). The number of hydrogen-bond donors (Lipinski definition) is 1. The number of halogens is 4. The van der Waals surface area contributed by atoms with Gasteiger partial charge in [0.2, 0.25) is 0 Å². The maximum absolute atomic E-state index is 13.3. The van der Waals surface area contributed by atoms with Crippen LogP contribution in [0.1, 0.15) is 11.3 Å².